The fourth-order valence-corrected chi connectivity index (χ4v) is 4.06. The van der Waals surface area contributed by atoms with Crippen LogP contribution in [0.25, 0.3) is 0 Å². The standard InChI is InChI=1S/C9H6BrIOS2/c10-7-4-13-3-6(7)9(12)5-1-8(11)14-2-5/h1-4,9,12H. The van der Waals surface area contributed by atoms with Crippen LogP contribution in [-0.2, 0) is 0 Å². The Labute approximate surface area is 112 Å². The minimum absolute atomic E-state index is 0.504. The number of aliphatic hydroxyl groups excluding tert-OH is 1. The molecule has 0 radical (unpaired) electrons. The van der Waals surface area contributed by atoms with Crippen LogP contribution in [0, 0.1) is 2.88 Å². The molecule has 2 rings (SSSR count). The summed E-state index contributed by atoms with van der Waals surface area (Å²) in [5, 5.41) is 16.0. The van der Waals surface area contributed by atoms with Gasteiger partial charge < -0.3 is 5.11 Å². The molecular formula is C9H6BrIOS2. The zero-order valence-electron chi connectivity index (χ0n) is 6.91. The van der Waals surface area contributed by atoms with Gasteiger partial charge in [-0.05, 0) is 60.9 Å². The molecule has 0 saturated heterocycles. The molecule has 1 atom stereocenters. The Hall–Kier alpha value is 0.570. The fraction of sp³-hybridized carbons (Fsp3) is 0.111. The van der Waals surface area contributed by atoms with Crippen LogP contribution in [0.3, 0.4) is 0 Å². The second-order valence-corrected chi connectivity index (χ2v) is 7.17. The minimum Gasteiger partial charge on any atom is -0.384 e. The van der Waals surface area contributed by atoms with Gasteiger partial charge in [0, 0.05) is 15.4 Å². The van der Waals surface area contributed by atoms with Crippen LogP contribution in [-0.4, -0.2) is 5.11 Å². The Balaban J connectivity index is 2.33. The second-order valence-electron chi connectivity index (χ2n) is 2.76. The number of thiophene rings is 2. The molecule has 2 heterocycles. The third kappa shape index (κ3) is 2.21. The Morgan fingerprint density at radius 2 is 2.14 bits per heavy atom. The highest BCUT2D eigenvalue weighted by Crippen LogP contribution is 2.33. The van der Waals surface area contributed by atoms with Crippen LogP contribution in [0.4, 0.5) is 0 Å². The minimum atomic E-state index is -0.504. The van der Waals surface area contributed by atoms with E-state index in [-0.39, 0.29) is 0 Å². The highest BCUT2D eigenvalue weighted by atomic mass is 127. The van der Waals surface area contributed by atoms with Crippen molar-refractivity contribution >= 4 is 61.2 Å². The first kappa shape index (κ1) is 11.1. The molecule has 2 aromatic heterocycles. The van der Waals surface area contributed by atoms with Crippen molar-refractivity contribution in [3.05, 3.63) is 40.7 Å². The third-order valence-electron chi connectivity index (χ3n) is 1.84. The third-order valence-corrected chi connectivity index (χ3v) is 5.40. The Kier molecular flexibility index (Phi) is 3.64. The average molecular weight is 401 g/mol. The maximum atomic E-state index is 10.1. The summed E-state index contributed by atoms with van der Waals surface area (Å²) < 4.78 is 2.18. The van der Waals surface area contributed by atoms with Crippen molar-refractivity contribution in [2.24, 2.45) is 0 Å². The first-order valence-corrected chi connectivity index (χ1v) is 7.51. The van der Waals surface area contributed by atoms with E-state index in [0.29, 0.717) is 0 Å². The molecular weight excluding hydrogens is 395 g/mol. The predicted octanol–water partition coefficient (Wildman–Crippen LogP) is 4.26. The van der Waals surface area contributed by atoms with Crippen molar-refractivity contribution in [2.45, 2.75) is 6.10 Å². The molecule has 0 amide bonds. The highest BCUT2D eigenvalue weighted by molar-refractivity contribution is 14.1. The number of hydrogen-bond donors (Lipinski definition) is 1. The number of halogens is 2. The van der Waals surface area contributed by atoms with Gasteiger partial charge >= 0.3 is 0 Å². The molecule has 5 heteroatoms. The smallest absolute Gasteiger partial charge is 0.107 e. The number of aliphatic hydroxyl groups is 1. The summed E-state index contributed by atoms with van der Waals surface area (Å²) in [5.74, 6) is 0. The maximum absolute atomic E-state index is 10.1. The topological polar surface area (TPSA) is 20.2 Å². The molecule has 0 aliphatic rings. The Bertz CT molecular complexity index is 437. The summed E-state index contributed by atoms with van der Waals surface area (Å²) in [5.41, 5.74) is 1.92. The SMILES string of the molecule is OC(c1csc(I)c1)c1cscc1Br. The van der Waals surface area contributed by atoms with Crippen LogP contribution in [0.2, 0.25) is 0 Å². The van der Waals surface area contributed by atoms with Gasteiger partial charge in [-0.1, -0.05) is 0 Å². The van der Waals surface area contributed by atoms with E-state index < -0.39 is 6.10 Å². The van der Waals surface area contributed by atoms with E-state index in [1.807, 2.05) is 22.2 Å². The molecule has 0 bridgehead atoms. The van der Waals surface area contributed by atoms with Gasteiger partial charge in [-0.3, -0.25) is 0 Å². The molecule has 0 aliphatic heterocycles. The van der Waals surface area contributed by atoms with Crippen LogP contribution in [0.15, 0.2) is 26.7 Å². The van der Waals surface area contributed by atoms with Crippen molar-refractivity contribution in [2.75, 3.05) is 0 Å². The van der Waals surface area contributed by atoms with E-state index in [0.717, 1.165) is 15.6 Å². The first-order chi connectivity index (χ1) is 6.68. The van der Waals surface area contributed by atoms with Gasteiger partial charge in [-0.2, -0.15) is 11.3 Å². The molecule has 0 fully saturated rings. The summed E-state index contributed by atoms with van der Waals surface area (Å²) in [7, 11) is 0. The molecule has 0 spiro atoms. The number of rotatable bonds is 2. The molecule has 1 nitrogen and oxygen atoms in total. The van der Waals surface area contributed by atoms with E-state index in [1.165, 1.54) is 2.88 Å². The fourth-order valence-electron chi connectivity index (χ4n) is 1.13. The van der Waals surface area contributed by atoms with Crippen molar-refractivity contribution in [3.63, 3.8) is 0 Å². The van der Waals surface area contributed by atoms with Crippen molar-refractivity contribution in [3.8, 4) is 0 Å². The highest BCUT2D eigenvalue weighted by Gasteiger charge is 2.15. The van der Waals surface area contributed by atoms with Gasteiger partial charge in [0.2, 0.25) is 0 Å². The molecule has 1 N–H and O–H groups in total. The van der Waals surface area contributed by atoms with Gasteiger partial charge in [-0.15, -0.1) is 11.3 Å². The summed E-state index contributed by atoms with van der Waals surface area (Å²) in [6.45, 7) is 0. The number of hydrogen-bond acceptors (Lipinski definition) is 3. The van der Waals surface area contributed by atoms with Gasteiger partial charge in [0.05, 0.1) is 2.88 Å². The molecule has 2 aromatic rings. The summed E-state index contributed by atoms with van der Waals surface area (Å²) in [6.07, 6.45) is -0.504. The van der Waals surface area contributed by atoms with Gasteiger partial charge in [0.25, 0.3) is 0 Å². The monoisotopic (exact) mass is 400 g/mol. The van der Waals surface area contributed by atoms with Crippen LogP contribution in [0.5, 0.6) is 0 Å². The lowest BCUT2D eigenvalue weighted by molar-refractivity contribution is 0.220. The average Bonchev–Trinajstić information content (AvgIpc) is 2.73. The van der Waals surface area contributed by atoms with Crippen LogP contribution >= 0.6 is 61.2 Å². The molecule has 74 valence electrons. The largest absolute Gasteiger partial charge is 0.384 e. The summed E-state index contributed by atoms with van der Waals surface area (Å²) in [6, 6.07) is 2.01. The van der Waals surface area contributed by atoms with E-state index in [9.17, 15) is 5.11 Å². The van der Waals surface area contributed by atoms with E-state index in [1.54, 1.807) is 22.7 Å². The zero-order chi connectivity index (χ0) is 10.1. The Morgan fingerprint density at radius 3 is 2.64 bits per heavy atom. The maximum Gasteiger partial charge on any atom is 0.107 e. The lowest BCUT2D eigenvalue weighted by Crippen LogP contribution is -1.96. The van der Waals surface area contributed by atoms with E-state index in [4.69, 9.17) is 0 Å². The van der Waals surface area contributed by atoms with E-state index in [2.05, 4.69) is 38.5 Å². The molecule has 0 aromatic carbocycles. The van der Waals surface area contributed by atoms with Gasteiger partial charge in [0.1, 0.15) is 6.10 Å². The first-order valence-electron chi connectivity index (χ1n) is 3.82. The summed E-state index contributed by atoms with van der Waals surface area (Å²) >= 11 is 8.92. The van der Waals surface area contributed by atoms with E-state index >= 15 is 0 Å². The molecule has 14 heavy (non-hydrogen) atoms. The van der Waals surface area contributed by atoms with Crippen molar-refractivity contribution < 1.29 is 5.11 Å². The van der Waals surface area contributed by atoms with Gasteiger partial charge in [0.15, 0.2) is 0 Å². The quantitative estimate of drug-likeness (QED) is 0.746. The summed E-state index contributed by atoms with van der Waals surface area (Å²) in [4.78, 5) is 0. The van der Waals surface area contributed by atoms with Crippen LogP contribution in [0.1, 0.15) is 17.2 Å². The van der Waals surface area contributed by atoms with Crippen LogP contribution < -0.4 is 0 Å². The lowest BCUT2D eigenvalue weighted by Gasteiger charge is -2.06. The molecule has 1 unspecified atom stereocenters. The second kappa shape index (κ2) is 4.61. The van der Waals surface area contributed by atoms with Crippen molar-refractivity contribution in [1.29, 1.82) is 0 Å². The zero-order valence-corrected chi connectivity index (χ0v) is 12.3. The molecule has 0 saturated carbocycles. The van der Waals surface area contributed by atoms with Crippen molar-refractivity contribution in [1.82, 2.24) is 0 Å². The van der Waals surface area contributed by atoms with Gasteiger partial charge in [-0.25, -0.2) is 0 Å². The molecule has 0 aliphatic carbocycles. The predicted molar refractivity (Wildman–Crippen MR) is 73.1 cm³/mol. The Morgan fingerprint density at radius 1 is 1.36 bits per heavy atom. The lowest BCUT2D eigenvalue weighted by atomic mass is 10.1. The normalized spacial score (nSPS) is 13.1.